The number of amides is 6. The van der Waals surface area contributed by atoms with Gasteiger partial charge in [-0.15, -0.1) is 5.10 Å². The quantitative estimate of drug-likeness (QED) is 0.112. The van der Waals surface area contributed by atoms with Crippen LogP contribution in [0.1, 0.15) is 152 Å². The second-order valence-electron chi connectivity index (χ2n) is 22.9. The van der Waals surface area contributed by atoms with Gasteiger partial charge in [-0.2, -0.15) is 9.78 Å². The van der Waals surface area contributed by atoms with Crippen molar-refractivity contribution in [3.8, 4) is 0 Å². The van der Waals surface area contributed by atoms with Crippen molar-refractivity contribution in [1.82, 2.24) is 59.8 Å². The first-order chi connectivity index (χ1) is 38.3. The average Bonchev–Trinajstić information content (AvgIpc) is 4.41. The molecule has 0 aromatic carbocycles. The van der Waals surface area contributed by atoms with Crippen molar-refractivity contribution in [1.29, 1.82) is 0 Å². The number of nitrogens with one attached hydrogen (secondary N) is 4. The second kappa shape index (κ2) is 27.3. The Bertz CT molecular complexity index is 2780. The Morgan fingerprint density at radius 1 is 0.728 bits per heavy atom. The predicted octanol–water partition coefficient (Wildman–Crippen LogP) is 7.47. The Morgan fingerprint density at radius 2 is 1.30 bits per heavy atom. The molecule has 0 spiro atoms. The van der Waals surface area contributed by atoms with Gasteiger partial charge >= 0.3 is 18.2 Å². The first-order valence-electron chi connectivity index (χ1n) is 28.4. The van der Waals surface area contributed by atoms with Gasteiger partial charge in [0.2, 0.25) is 0 Å². The maximum atomic E-state index is 13.9. The normalized spacial score (nSPS) is 22.4. The maximum Gasteiger partial charge on any atom is 0.435 e. The Morgan fingerprint density at radius 3 is 1.88 bits per heavy atom. The summed E-state index contributed by atoms with van der Waals surface area (Å²) in [5, 5.41) is 20.8. The van der Waals surface area contributed by atoms with E-state index in [2.05, 4.69) is 60.0 Å². The summed E-state index contributed by atoms with van der Waals surface area (Å²) in [5.74, 6) is 1.24. The third-order valence-corrected chi connectivity index (χ3v) is 16.5. The minimum absolute atomic E-state index is 0. The molecule has 0 unspecified atom stereocenters. The number of aromatic nitrogens is 6. The third kappa shape index (κ3) is 14.1. The van der Waals surface area contributed by atoms with Gasteiger partial charge in [0.05, 0.1) is 42.2 Å². The number of rotatable bonds is 10. The zero-order valence-corrected chi connectivity index (χ0v) is 48.0. The lowest BCUT2D eigenvalue weighted by Crippen LogP contribution is -2.61. The molecular weight excluding hydrogens is 1040 g/mol. The van der Waals surface area contributed by atoms with Gasteiger partial charge in [-0.25, -0.2) is 14.4 Å². The van der Waals surface area contributed by atoms with E-state index in [1.807, 2.05) is 56.2 Å². The summed E-state index contributed by atoms with van der Waals surface area (Å²) in [6.07, 6.45) is 9.83. The summed E-state index contributed by atoms with van der Waals surface area (Å²) in [6, 6.07) is 10.7. The van der Waals surface area contributed by atoms with Crippen molar-refractivity contribution in [2.75, 3.05) is 76.4 Å². The summed E-state index contributed by atoms with van der Waals surface area (Å²) in [7, 11) is 0. The molecule has 4 fully saturated rings. The highest BCUT2D eigenvalue weighted by atomic mass is 16.6. The van der Waals surface area contributed by atoms with E-state index in [1.54, 1.807) is 54.4 Å². The van der Waals surface area contributed by atoms with Crippen LogP contribution >= 0.6 is 0 Å². The molecule has 23 heteroatoms. The molecule has 0 radical (unpaired) electrons. The molecule has 4 aromatic rings. The number of ether oxygens (including phenoxy) is 3. The summed E-state index contributed by atoms with van der Waals surface area (Å²) in [4.78, 5) is 94.0. The number of hydrogen-bond donors (Lipinski definition) is 4. The van der Waals surface area contributed by atoms with Crippen molar-refractivity contribution in [3.63, 3.8) is 0 Å². The summed E-state index contributed by atoms with van der Waals surface area (Å²) in [5.41, 5.74) is 1.92. The van der Waals surface area contributed by atoms with Crippen LogP contribution in [0.4, 0.5) is 26.0 Å². The first kappa shape index (κ1) is 61.8. The highest BCUT2D eigenvalue weighted by Crippen LogP contribution is 2.44. The van der Waals surface area contributed by atoms with Gasteiger partial charge in [-0.1, -0.05) is 19.6 Å². The number of carbonyl (C=O) groups is 6. The number of urea groups is 2. The van der Waals surface area contributed by atoms with Crippen LogP contribution in [0.5, 0.6) is 0 Å². The van der Waals surface area contributed by atoms with E-state index in [1.165, 1.54) is 12.6 Å². The van der Waals surface area contributed by atoms with Gasteiger partial charge in [-0.3, -0.25) is 29.6 Å². The van der Waals surface area contributed by atoms with Crippen LogP contribution in [0.2, 0.25) is 0 Å². The number of anilines is 2. The van der Waals surface area contributed by atoms with Crippen molar-refractivity contribution in [2.24, 2.45) is 11.8 Å². The minimum atomic E-state index is -0.867. The second-order valence-corrected chi connectivity index (χ2v) is 22.9. The van der Waals surface area contributed by atoms with E-state index < -0.39 is 23.1 Å². The Kier molecular flexibility index (Phi) is 20.8. The van der Waals surface area contributed by atoms with Crippen LogP contribution in [0.25, 0.3) is 0 Å². The SMILES string of the molecule is C.CCOC(=O)n1nc(NC(=O)c2ccccn2)c2c1C(C)(C)N(C(=O)N1C[C@@H](C)NC[C@@H]1C)C2.C[C@@H]1CN(C(=O)N2Cc3c(NC(=O)c4ccccn4)n[nH]c3C2(C)C)[C@@H](C)CN1CCC1CCOCC1.O=CCC1CCOCC1. The first-order valence-corrected chi connectivity index (χ1v) is 28.4. The molecule has 23 nitrogen and oxygen atoms in total. The summed E-state index contributed by atoms with van der Waals surface area (Å²) >= 11 is 0. The molecule has 10 rings (SSSR count). The Hall–Kier alpha value is -6.82. The number of piperazine rings is 2. The number of nitrogens with zero attached hydrogens (tertiary/aromatic N) is 10. The largest absolute Gasteiger partial charge is 0.448 e. The van der Waals surface area contributed by atoms with Crippen LogP contribution in [0, 0.1) is 11.8 Å². The van der Waals surface area contributed by atoms with Crippen molar-refractivity contribution in [2.45, 2.75) is 157 Å². The highest BCUT2D eigenvalue weighted by Gasteiger charge is 2.50. The molecule has 0 saturated carbocycles. The molecule has 4 atom stereocenters. The Balaban J connectivity index is 0.000000201. The van der Waals surface area contributed by atoms with Crippen molar-refractivity contribution >= 4 is 47.9 Å². The fourth-order valence-corrected chi connectivity index (χ4v) is 11.6. The van der Waals surface area contributed by atoms with Gasteiger partial charge < -0.3 is 54.6 Å². The van der Waals surface area contributed by atoms with E-state index in [-0.39, 0.29) is 68.2 Å². The lowest BCUT2D eigenvalue weighted by molar-refractivity contribution is -0.109. The Labute approximate surface area is 476 Å². The summed E-state index contributed by atoms with van der Waals surface area (Å²) in [6.45, 7) is 26.1. The number of aromatic amines is 1. The number of carbonyl (C=O) groups excluding carboxylic acids is 6. The smallest absolute Gasteiger partial charge is 0.435 e. The molecule has 4 N–H and O–H groups in total. The number of pyridine rings is 2. The van der Waals surface area contributed by atoms with Gasteiger partial charge in [-0.05, 0) is 137 Å². The van der Waals surface area contributed by atoms with Gasteiger partial charge in [0.1, 0.15) is 17.7 Å². The highest BCUT2D eigenvalue weighted by molar-refractivity contribution is 6.03. The molecule has 442 valence electrons. The fraction of sp³-hybridized carbons (Fsp3) is 0.621. The van der Waals surface area contributed by atoms with Gasteiger partial charge in [0.25, 0.3) is 11.8 Å². The molecule has 4 saturated heterocycles. The number of H-pyrrole nitrogens is 1. The number of aldehydes is 1. The van der Waals surface area contributed by atoms with Gasteiger partial charge in [0.15, 0.2) is 11.6 Å². The van der Waals surface area contributed by atoms with E-state index in [4.69, 9.17) is 14.2 Å². The molecule has 81 heavy (non-hydrogen) atoms. The van der Waals surface area contributed by atoms with Gasteiger partial charge in [0, 0.05) is 107 Å². The number of fused-ring (bicyclic) bond motifs is 2. The molecule has 6 amide bonds. The van der Waals surface area contributed by atoms with Crippen LogP contribution in [0.15, 0.2) is 48.8 Å². The van der Waals surface area contributed by atoms with E-state index in [0.717, 1.165) is 99.8 Å². The average molecular weight is 1120 g/mol. The zero-order valence-electron chi connectivity index (χ0n) is 48.0. The molecule has 10 heterocycles. The standard InChI is InChI=1S/C27H39N7O3.C23H31N7O4.C7H12O2.CH4/c1-18-16-33(19(2)15-32(18)12-8-20-9-13-37-14-10-20)26(36)34-17-21-23(27(34,3)4)30-31-24(21)29-25(35)22-7-5-6-11-28-22;1-6-34-22(33)30-18-16(19(27-30)26-20(31)17-9-7-8-10-24-17)13-29(23(18,4)5)21(32)28-12-14(2)25-11-15(28)3;8-4-1-7-2-5-9-6-3-7;/h5-7,11,18-20H,8-10,12-17H2,1-4H3,(H2,29,30,31,35);7-10,14-15,25H,6,11-13H2,1-5H3,(H,26,27,31);4,7H,1-3,5-6H2;1H4/t18-,19+;14-,15+;;/m11../s1. The molecular formula is C58H86N14O9. The van der Waals surface area contributed by atoms with Crippen molar-refractivity contribution in [3.05, 3.63) is 82.7 Å². The monoisotopic (exact) mass is 1120 g/mol. The van der Waals surface area contributed by atoms with Crippen molar-refractivity contribution < 1.29 is 43.0 Å². The van der Waals surface area contributed by atoms with Crippen LogP contribution in [-0.4, -0.2) is 181 Å². The summed E-state index contributed by atoms with van der Waals surface area (Å²) < 4.78 is 17.0. The zero-order chi connectivity index (χ0) is 57.3. The lowest BCUT2D eigenvalue weighted by atomic mass is 9.95. The minimum Gasteiger partial charge on any atom is -0.448 e. The van der Waals surface area contributed by atoms with E-state index in [9.17, 15) is 28.8 Å². The number of hydrogen-bond acceptors (Lipinski definition) is 15. The van der Waals surface area contributed by atoms with Crippen LogP contribution in [-0.2, 0) is 43.2 Å². The molecule has 4 aromatic heterocycles. The maximum absolute atomic E-state index is 13.9. The fourth-order valence-electron chi connectivity index (χ4n) is 11.6. The van der Waals surface area contributed by atoms with E-state index in [0.29, 0.717) is 60.9 Å². The molecule has 6 aliphatic heterocycles. The van der Waals surface area contributed by atoms with Crippen LogP contribution in [0.3, 0.4) is 0 Å². The lowest BCUT2D eigenvalue weighted by Gasteiger charge is -2.47. The van der Waals surface area contributed by atoms with E-state index >= 15 is 0 Å². The third-order valence-electron chi connectivity index (χ3n) is 16.5. The molecule has 0 bridgehead atoms. The molecule has 0 aliphatic carbocycles. The molecule has 6 aliphatic rings. The topological polar surface area (TPSA) is 255 Å². The van der Waals surface area contributed by atoms with Crippen LogP contribution < -0.4 is 16.0 Å². The predicted molar refractivity (Wildman–Crippen MR) is 305 cm³/mol.